The van der Waals surface area contributed by atoms with Gasteiger partial charge in [-0.2, -0.15) is 0 Å². The molecule has 0 aromatic heterocycles. The summed E-state index contributed by atoms with van der Waals surface area (Å²) in [6.07, 6.45) is 4.10. The van der Waals surface area contributed by atoms with Gasteiger partial charge >= 0.3 is 0 Å². The monoisotopic (exact) mass is 445 g/mol. The number of carbonyl (C=O) groups excluding carboxylic acids is 2. The predicted octanol–water partition coefficient (Wildman–Crippen LogP) is 3.12. The molecule has 0 radical (unpaired) electrons. The molecule has 0 unspecified atom stereocenters. The molecular weight excluding hydrogens is 409 g/mol. The Morgan fingerprint density at radius 1 is 1.25 bits per heavy atom. The van der Waals surface area contributed by atoms with Crippen molar-refractivity contribution in [3.05, 3.63) is 35.6 Å². The quantitative estimate of drug-likeness (QED) is 0.756. The number of primary amides is 1. The van der Waals surface area contributed by atoms with E-state index in [1.165, 1.54) is 6.07 Å². The number of amides is 2. The standard InChI is InChI=1S/C25H36FN3O3/c1-17(2)21-14-25(16-32-23(21)19-5-3-6-20(26)13-19)9-4-10-29(25)22(30)15-28-11-7-18(8-12-28)24(27)31/h3,5-6,13,17-18,21,23H,4,7-12,14-16H2,1-2H3,(H2,27,31)/t21-,23-,25-/m0/s1. The first-order valence-electron chi connectivity index (χ1n) is 12.0. The number of carbonyl (C=O) groups is 2. The summed E-state index contributed by atoms with van der Waals surface area (Å²) in [5.74, 6) is 0.164. The number of hydrogen-bond acceptors (Lipinski definition) is 4. The summed E-state index contributed by atoms with van der Waals surface area (Å²) >= 11 is 0. The van der Waals surface area contributed by atoms with Crippen LogP contribution < -0.4 is 5.73 Å². The minimum atomic E-state index is -0.276. The minimum absolute atomic E-state index is 0.0715. The van der Waals surface area contributed by atoms with E-state index in [4.69, 9.17) is 10.5 Å². The molecule has 1 aromatic carbocycles. The van der Waals surface area contributed by atoms with E-state index in [9.17, 15) is 14.0 Å². The molecule has 1 aromatic rings. The average Bonchev–Trinajstić information content (AvgIpc) is 3.17. The molecule has 0 saturated carbocycles. The number of halogens is 1. The number of hydrogen-bond donors (Lipinski definition) is 1. The lowest BCUT2D eigenvalue weighted by Crippen LogP contribution is -2.57. The molecule has 2 amide bonds. The second-order valence-electron chi connectivity index (χ2n) is 10.2. The third-order valence-corrected chi connectivity index (χ3v) is 7.82. The van der Waals surface area contributed by atoms with Gasteiger partial charge in [0.1, 0.15) is 5.82 Å². The zero-order valence-corrected chi connectivity index (χ0v) is 19.3. The second-order valence-corrected chi connectivity index (χ2v) is 10.2. The molecule has 3 aliphatic heterocycles. The Morgan fingerprint density at radius 2 is 2.00 bits per heavy atom. The SMILES string of the molecule is CC(C)[C@@H]1C[C@@]2(CCCN2C(=O)CN2CCC(C(N)=O)CC2)CO[C@H]1c1cccc(F)c1. The zero-order valence-electron chi connectivity index (χ0n) is 19.3. The summed E-state index contributed by atoms with van der Waals surface area (Å²) in [5.41, 5.74) is 6.04. The molecule has 3 aliphatic rings. The maximum Gasteiger partial charge on any atom is 0.237 e. The second kappa shape index (κ2) is 9.48. The van der Waals surface area contributed by atoms with Crippen LogP contribution in [0.3, 0.4) is 0 Å². The Bertz CT molecular complexity index is 839. The average molecular weight is 446 g/mol. The number of nitrogens with zero attached hydrogens (tertiary/aromatic N) is 2. The topological polar surface area (TPSA) is 75.9 Å². The van der Waals surface area contributed by atoms with Gasteiger partial charge in [0.05, 0.1) is 24.8 Å². The normalized spacial score (nSPS) is 29.7. The third kappa shape index (κ3) is 4.69. The first-order valence-corrected chi connectivity index (χ1v) is 12.0. The Labute approximate surface area is 190 Å². The molecule has 3 atom stereocenters. The van der Waals surface area contributed by atoms with Crippen molar-refractivity contribution in [2.45, 2.75) is 57.6 Å². The van der Waals surface area contributed by atoms with Crippen LogP contribution in [-0.4, -0.2) is 59.9 Å². The summed E-state index contributed by atoms with van der Waals surface area (Å²) in [5, 5.41) is 0. The van der Waals surface area contributed by atoms with Crippen LogP contribution in [0.15, 0.2) is 24.3 Å². The third-order valence-electron chi connectivity index (χ3n) is 7.82. The van der Waals surface area contributed by atoms with Gasteiger partial charge in [0.2, 0.25) is 11.8 Å². The highest BCUT2D eigenvalue weighted by atomic mass is 19.1. The summed E-state index contributed by atoms with van der Waals surface area (Å²) in [7, 11) is 0. The lowest BCUT2D eigenvalue weighted by molar-refractivity contribution is -0.154. The smallest absolute Gasteiger partial charge is 0.237 e. The molecule has 4 rings (SSSR count). The van der Waals surface area contributed by atoms with Crippen LogP contribution in [0.5, 0.6) is 0 Å². The van der Waals surface area contributed by atoms with Crippen molar-refractivity contribution < 1.29 is 18.7 Å². The van der Waals surface area contributed by atoms with E-state index < -0.39 is 0 Å². The van der Waals surface area contributed by atoms with Crippen LogP contribution in [0, 0.1) is 23.6 Å². The van der Waals surface area contributed by atoms with Crippen LogP contribution in [0.25, 0.3) is 0 Å². The van der Waals surface area contributed by atoms with Gasteiger partial charge < -0.3 is 15.4 Å². The summed E-state index contributed by atoms with van der Waals surface area (Å²) < 4.78 is 20.3. The first-order chi connectivity index (χ1) is 15.3. The molecule has 2 N–H and O–H groups in total. The number of rotatable bonds is 5. The van der Waals surface area contributed by atoms with Crippen molar-refractivity contribution in [1.82, 2.24) is 9.80 Å². The van der Waals surface area contributed by atoms with Gasteiger partial charge in [0.15, 0.2) is 0 Å². The van der Waals surface area contributed by atoms with Gasteiger partial charge in [-0.25, -0.2) is 4.39 Å². The van der Waals surface area contributed by atoms with Crippen molar-refractivity contribution in [3.8, 4) is 0 Å². The van der Waals surface area contributed by atoms with Crippen molar-refractivity contribution in [2.24, 2.45) is 23.5 Å². The molecule has 7 heteroatoms. The summed E-state index contributed by atoms with van der Waals surface area (Å²) in [4.78, 5) is 29.0. The fraction of sp³-hybridized carbons (Fsp3) is 0.680. The highest BCUT2D eigenvalue weighted by molar-refractivity contribution is 5.80. The summed E-state index contributed by atoms with van der Waals surface area (Å²) in [6.45, 7) is 7.46. The molecule has 3 fully saturated rings. The maximum atomic E-state index is 13.9. The molecule has 6 nitrogen and oxygen atoms in total. The molecule has 32 heavy (non-hydrogen) atoms. The molecule has 0 bridgehead atoms. The Morgan fingerprint density at radius 3 is 2.66 bits per heavy atom. The number of likely N-dealkylation sites (tertiary alicyclic amines) is 2. The first kappa shape index (κ1) is 23.2. The van der Waals surface area contributed by atoms with Gasteiger partial charge in [-0.1, -0.05) is 26.0 Å². The molecular formula is C25H36FN3O3. The maximum absolute atomic E-state index is 13.9. The summed E-state index contributed by atoms with van der Waals surface area (Å²) in [6, 6.07) is 6.71. The van der Waals surface area contributed by atoms with Gasteiger partial charge in [-0.3, -0.25) is 14.5 Å². The van der Waals surface area contributed by atoms with Crippen LogP contribution in [0.1, 0.15) is 57.6 Å². The Kier molecular flexibility index (Phi) is 6.86. The largest absolute Gasteiger partial charge is 0.371 e. The van der Waals surface area contributed by atoms with Crippen LogP contribution in [-0.2, 0) is 14.3 Å². The molecule has 176 valence electrons. The highest BCUT2D eigenvalue weighted by Crippen LogP contribution is 2.47. The lowest BCUT2D eigenvalue weighted by Gasteiger charge is -2.49. The van der Waals surface area contributed by atoms with Gasteiger partial charge in [0.25, 0.3) is 0 Å². The predicted molar refractivity (Wildman–Crippen MR) is 120 cm³/mol. The van der Waals surface area contributed by atoms with E-state index in [2.05, 4.69) is 23.6 Å². The number of benzene rings is 1. The van der Waals surface area contributed by atoms with E-state index in [1.807, 2.05) is 6.07 Å². The fourth-order valence-corrected chi connectivity index (χ4v) is 5.93. The van der Waals surface area contributed by atoms with E-state index in [1.54, 1.807) is 12.1 Å². The van der Waals surface area contributed by atoms with Gasteiger partial charge in [-0.05, 0) is 74.7 Å². The fourth-order valence-electron chi connectivity index (χ4n) is 5.93. The molecule has 0 aliphatic carbocycles. The number of nitrogens with two attached hydrogens (primary N) is 1. The van der Waals surface area contributed by atoms with Crippen LogP contribution >= 0.6 is 0 Å². The lowest BCUT2D eigenvalue weighted by atomic mass is 9.74. The zero-order chi connectivity index (χ0) is 22.9. The number of piperidine rings is 1. The van der Waals surface area contributed by atoms with Gasteiger partial charge in [0, 0.05) is 12.5 Å². The Balaban J connectivity index is 1.44. The van der Waals surface area contributed by atoms with Crippen molar-refractivity contribution >= 4 is 11.8 Å². The van der Waals surface area contributed by atoms with E-state index >= 15 is 0 Å². The molecule has 3 heterocycles. The molecule has 3 saturated heterocycles. The highest BCUT2D eigenvalue weighted by Gasteiger charge is 2.50. The van der Waals surface area contributed by atoms with Crippen LogP contribution in [0.4, 0.5) is 4.39 Å². The van der Waals surface area contributed by atoms with E-state index in [0.717, 1.165) is 57.3 Å². The number of ether oxygens (including phenoxy) is 1. The minimum Gasteiger partial charge on any atom is -0.371 e. The van der Waals surface area contributed by atoms with Crippen molar-refractivity contribution in [1.29, 1.82) is 0 Å². The van der Waals surface area contributed by atoms with Gasteiger partial charge in [-0.15, -0.1) is 0 Å². The van der Waals surface area contributed by atoms with Crippen LogP contribution in [0.2, 0.25) is 0 Å². The van der Waals surface area contributed by atoms with E-state index in [-0.39, 0.29) is 41.1 Å². The van der Waals surface area contributed by atoms with E-state index in [0.29, 0.717) is 19.1 Å². The molecule has 1 spiro atoms. The van der Waals surface area contributed by atoms with Crippen molar-refractivity contribution in [2.75, 3.05) is 32.8 Å². The van der Waals surface area contributed by atoms with Crippen molar-refractivity contribution in [3.63, 3.8) is 0 Å². The Hall–Kier alpha value is -1.99.